The van der Waals surface area contributed by atoms with Gasteiger partial charge in [0.2, 0.25) is 11.1 Å². The van der Waals surface area contributed by atoms with Gasteiger partial charge < -0.3 is 15.6 Å². The van der Waals surface area contributed by atoms with Gasteiger partial charge in [-0.25, -0.2) is 30.8 Å². The number of carbonyl (C=O) groups is 1. The fourth-order valence-corrected chi connectivity index (χ4v) is 6.65. The van der Waals surface area contributed by atoms with Gasteiger partial charge in [0.15, 0.2) is 0 Å². The van der Waals surface area contributed by atoms with E-state index in [2.05, 4.69) is 35.6 Å². The summed E-state index contributed by atoms with van der Waals surface area (Å²) in [6, 6.07) is 16.3. The van der Waals surface area contributed by atoms with Crippen molar-refractivity contribution < 1.29 is 14.6 Å². The molecule has 16 nitrogen and oxygen atoms in total. The van der Waals surface area contributed by atoms with Crippen molar-refractivity contribution in [3.63, 3.8) is 0 Å². The Hall–Kier alpha value is -4.68. The summed E-state index contributed by atoms with van der Waals surface area (Å²) >= 11 is 33.6. The molecule has 0 saturated heterocycles. The van der Waals surface area contributed by atoms with E-state index in [9.17, 15) is 25.0 Å². The van der Waals surface area contributed by atoms with Crippen molar-refractivity contribution in [3.8, 4) is 0 Å². The molecule has 3 aliphatic heterocycles. The molecule has 8 heterocycles. The second-order valence-electron chi connectivity index (χ2n) is 12.5. The van der Waals surface area contributed by atoms with Crippen LogP contribution >= 0.6 is 69.6 Å². The van der Waals surface area contributed by atoms with Crippen LogP contribution in [0.1, 0.15) is 55.4 Å². The van der Waals surface area contributed by atoms with E-state index in [0.717, 1.165) is 79.3 Å². The Morgan fingerprint density at radius 1 is 0.661 bits per heavy atom. The maximum absolute atomic E-state index is 10.9. The number of anilines is 3. The first-order valence-corrected chi connectivity index (χ1v) is 20.2. The van der Waals surface area contributed by atoms with Crippen LogP contribution in [0.4, 0.5) is 28.4 Å². The second kappa shape index (κ2) is 23.2. The number of amides is 1. The van der Waals surface area contributed by atoms with Crippen LogP contribution in [-0.2, 0) is 30.5 Å². The topological polar surface area (TPSA) is 221 Å². The van der Waals surface area contributed by atoms with Gasteiger partial charge >= 0.3 is 5.69 Å². The van der Waals surface area contributed by atoms with Crippen LogP contribution in [0.25, 0.3) is 0 Å². The number of nitrogens with zero attached hydrogens (tertiary/aromatic N) is 8. The predicted molar refractivity (Wildman–Crippen MR) is 232 cm³/mol. The maximum atomic E-state index is 10.9. The highest BCUT2D eigenvalue weighted by Gasteiger charge is 2.17. The molecule has 0 aromatic carbocycles. The molecular formula is C37H37Cl6N11O5. The third-order valence-corrected chi connectivity index (χ3v) is 9.61. The highest BCUT2D eigenvalue weighted by Crippen LogP contribution is 2.26. The van der Waals surface area contributed by atoms with Crippen LogP contribution in [0.2, 0.25) is 30.9 Å². The third-order valence-electron chi connectivity index (χ3n) is 8.28. The Bertz CT molecular complexity index is 2270. The van der Waals surface area contributed by atoms with E-state index >= 15 is 0 Å². The summed E-state index contributed by atoms with van der Waals surface area (Å²) in [5.41, 5.74) is 6.19. The van der Waals surface area contributed by atoms with Crippen LogP contribution < -0.4 is 21.5 Å². The molecule has 0 atom stereocenters. The molecular weight excluding hydrogens is 891 g/mol. The molecule has 0 unspecified atom stereocenters. The largest absolute Gasteiger partial charge is 0.384 e. The van der Waals surface area contributed by atoms with Crippen molar-refractivity contribution in [2.45, 2.75) is 58.3 Å². The van der Waals surface area contributed by atoms with Gasteiger partial charge in [0.05, 0.1) is 44.0 Å². The summed E-state index contributed by atoms with van der Waals surface area (Å²) < 4.78 is 0. The lowest BCUT2D eigenvalue weighted by Gasteiger charge is -2.25. The number of hydrogen-bond donors (Lipinski definition) is 3. The fraction of sp³-hybridized carbons (Fsp3) is 0.297. The zero-order valence-corrected chi connectivity index (χ0v) is 35.8. The Morgan fingerprint density at radius 2 is 1.19 bits per heavy atom. The summed E-state index contributed by atoms with van der Waals surface area (Å²) in [5, 5.41) is 30.3. The van der Waals surface area contributed by atoms with Crippen LogP contribution in [0.15, 0.2) is 60.7 Å². The summed E-state index contributed by atoms with van der Waals surface area (Å²) in [6.07, 6.45) is 6.80. The number of nitrogens with two attached hydrogens (primary N) is 1. The molecule has 22 heteroatoms. The molecule has 0 bridgehead atoms. The van der Waals surface area contributed by atoms with Crippen LogP contribution in [-0.4, -0.2) is 53.8 Å². The lowest BCUT2D eigenvalue weighted by atomic mass is 10.1. The minimum atomic E-state index is -0.619. The number of carbonyl (C=O) groups excluding carboxylic acids is 1. The normalized spacial score (nSPS) is 13.2. The average Bonchev–Trinajstić information content (AvgIpc) is 3.19. The zero-order chi connectivity index (χ0) is 43.1. The van der Waals surface area contributed by atoms with E-state index in [1.54, 1.807) is 23.2 Å². The minimum absolute atomic E-state index is 0.0475. The monoisotopic (exact) mass is 925 g/mol. The number of aromatic nitrogens is 5. The van der Waals surface area contributed by atoms with Crippen molar-refractivity contribution in [2.75, 3.05) is 28.7 Å². The standard InChI is InChI=1S/C8H10ClN3.C8H9ClN2O2.C8H7ClN2O.C8H9ClN2.C5H2Cl2N2O2/c9-8-4-3-7-6(11-8)2-1-5-12(7)10;1-2-3-6-7(11(12)13)4-5-8(9)10-6;9-7-3-1-6-5(10-7)2-4-8(12)11-6;9-8-4-3-6-7(11-8)2-1-5-10-6;6-4-2-1-3(9(10)11)5(7)8-4/h3-4H,1-2,5,10H2;4-5H,2-3H2,1H3;1,3H,2,4H2,(H,11,12);3-4,10H,1-2,5H2;1-2H. The second-order valence-corrected chi connectivity index (χ2v) is 14.8. The van der Waals surface area contributed by atoms with Gasteiger partial charge in [0.25, 0.3) is 5.69 Å². The Balaban J connectivity index is 0.000000163. The van der Waals surface area contributed by atoms with Crippen LogP contribution in [0, 0.1) is 20.2 Å². The quantitative estimate of drug-likeness (QED) is 0.0662. The highest BCUT2D eigenvalue weighted by atomic mass is 35.5. The number of nitro groups is 2. The smallest absolute Gasteiger partial charge is 0.306 e. The Morgan fingerprint density at radius 3 is 1.81 bits per heavy atom. The molecule has 5 aromatic rings. The van der Waals surface area contributed by atoms with E-state index in [1.807, 2.05) is 25.1 Å². The van der Waals surface area contributed by atoms with Gasteiger partial charge in [-0.15, -0.1) is 0 Å². The van der Waals surface area contributed by atoms with Crippen molar-refractivity contribution in [2.24, 2.45) is 5.84 Å². The first kappa shape index (κ1) is 47.0. The number of pyridine rings is 5. The number of hydrazine groups is 1. The van der Waals surface area contributed by atoms with Gasteiger partial charge in [0.1, 0.15) is 31.5 Å². The average molecular weight is 928 g/mol. The molecule has 0 aliphatic carbocycles. The van der Waals surface area contributed by atoms with Gasteiger partial charge in [-0.3, -0.25) is 25.0 Å². The van der Waals surface area contributed by atoms with Gasteiger partial charge in [-0.2, -0.15) is 0 Å². The zero-order valence-electron chi connectivity index (χ0n) is 31.3. The summed E-state index contributed by atoms with van der Waals surface area (Å²) in [4.78, 5) is 50.5. The fourth-order valence-electron chi connectivity index (χ4n) is 5.57. The maximum Gasteiger partial charge on any atom is 0.306 e. The molecule has 312 valence electrons. The van der Waals surface area contributed by atoms with Gasteiger partial charge in [-0.1, -0.05) is 83.0 Å². The van der Waals surface area contributed by atoms with E-state index in [0.29, 0.717) is 45.6 Å². The summed E-state index contributed by atoms with van der Waals surface area (Å²) in [7, 11) is 0. The predicted octanol–water partition coefficient (Wildman–Crippen LogP) is 9.97. The first-order chi connectivity index (χ1) is 28.1. The molecule has 0 fully saturated rings. The van der Waals surface area contributed by atoms with Crippen LogP contribution in [0.5, 0.6) is 0 Å². The number of rotatable bonds is 4. The van der Waals surface area contributed by atoms with E-state index in [1.165, 1.54) is 24.3 Å². The van der Waals surface area contributed by atoms with Crippen molar-refractivity contribution in [1.29, 1.82) is 0 Å². The summed E-state index contributed by atoms with van der Waals surface area (Å²) in [5.74, 6) is 5.79. The molecule has 5 aromatic heterocycles. The lowest BCUT2D eigenvalue weighted by Crippen LogP contribution is -2.35. The minimum Gasteiger partial charge on any atom is -0.384 e. The number of nitrogens with one attached hydrogen (secondary N) is 2. The highest BCUT2D eigenvalue weighted by molar-refractivity contribution is 6.33. The third kappa shape index (κ3) is 14.8. The van der Waals surface area contributed by atoms with E-state index in [4.69, 9.17) is 75.4 Å². The number of fused-ring (bicyclic) bond motifs is 3. The molecule has 3 aliphatic rings. The molecule has 4 N–H and O–H groups in total. The SMILES string of the molecule is CCCc1nc(Cl)ccc1[N+](=O)[O-].Clc1ccc2c(n1)CCCN2.NN1CCCc2nc(Cl)ccc21.O=C1CCc2nc(Cl)ccc2N1.O=[N+]([O-])c1ccc(Cl)nc1Cl. The Kier molecular flexibility index (Phi) is 18.5. The molecule has 8 rings (SSSR count). The van der Waals surface area contributed by atoms with E-state index < -0.39 is 9.85 Å². The van der Waals surface area contributed by atoms with Gasteiger partial charge in [-0.05, 0) is 80.6 Å². The van der Waals surface area contributed by atoms with Crippen LogP contribution in [0.3, 0.4) is 0 Å². The first-order valence-electron chi connectivity index (χ1n) is 17.9. The number of halogens is 6. The number of hydrogen-bond acceptors (Lipinski definition) is 13. The molecule has 59 heavy (non-hydrogen) atoms. The molecule has 0 spiro atoms. The number of aryl methyl sites for hydroxylation is 4. The summed E-state index contributed by atoms with van der Waals surface area (Å²) in [6.45, 7) is 3.89. The van der Waals surface area contributed by atoms with Crippen molar-refractivity contribution in [1.82, 2.24) is 24.9 Å². The lowest BCUT2D eigenvalue weighted by molar-refractivity contribution is -0.385. The van der Waals surface area contributed by atoms with Crippen molar-refractivity contribution >= 4 is 104 Å². The van der Waals surface area contributed by atoms with E-state index in [-0.39, 0.29) is 27.6 Å². The van der Waals surface area contributed by atoms with Crippen molar-refractivity contribution in [3.05, 3.63) is 135 Å². The van der Waals surface area contributed by atoms with Gasteiger partial charge in [0, 0.05) is 38.1 Å². The Labute approximate surface area is 369 Å². The molecule has 0 radical (unpaired) electrons. The molecule has 1 amide bonds. The molecule has 0 saturated carbocycles.